The highest BCUT2D eigenvalue weighted by Gasteiger charge is 2.53. The fourth-order valence-corrected chi connectivity index (χ4v) is 8.55. The average molecular weight is 928 g/mol. The first-order chi connectivity index (χ1) is 30.8. The minimum Gasteiger partial charge on any atom is -0.394 e. The molecule has 378 valence electrons. The zero-order valence-corrected chi connectivity index (χ0v) is 38.3. The van der Waals surface area contributed by atoms with Crippen molar-refractivity contribution in [2.75, 3.05) is 26.4 Å². The second-order valence-corrected chi connectivity index (χ2v) is 17.9. The molecule has 0 aliphatic carbocycles. The van der Waals surface area contributed by atoms with E-state index in [0.717, 1.165) is 51.4 Å². The van der Waals surface area contributed by atoms with Crippen LogP contribution in [-0.4, -0.2) is 193 Å². The maximum Gasteiger partial charge on any atom is 0.220 e. The minimum absolute atomic E-state index is 0.257. The molecule has 17 unspecified atom stereocenters. The molecule has 3 rings (SSSR count). The summed E-state index contributed by atoms with van der Waals surface area (Å²) in [6, 6.07) is -0.875. The Morgan fingerprint density at radius 1 is 0.500 bits per heavy atom. The first-order valence-corrected chi connectivity index (χ1v) is 24.3. The quantitative estimate of drug-likeness (QED) is 0.0400. The number of carbonyl (C=O) groups excluding carboxylic acids is 1. The number of nitrogens with one attached hydrogen (secondary N) is 1. The van der Waals surface area contributed by atoms with Crippen molar-refractivity contribution >= 4 is 5.91 Å². The third-order valence-corrected chi connectivity index (χ3v) is 12.7. The topological polar surface area (TPSA) is 307 Å². The number of rotatable bonds is 33. The smallest absolute Gasteiger partial charge is 0.220 e. The number of amides is 1. The van der Waals surface area contributed by atoms with Gasteiger partial charge in [0.15, 0.2) is 18.9 Å². The second kappa shape index (κ2) is 31.8. The van der Waals surface area contributed by atoms with Crippen LogP contribution in [0.15, 0.2) is 0 Å². The van der Waals surface area contributed by atoms with Crippen molar-refractivity contribution < 1.29 is 89.4 Å². The van der Waals surface area contributed by atoms with Gasteiger partial charge in [-0.2, -0.15) is 0 Å². The molecule has 0 aromatic rings. The summed E-state index contributed by atoms with van der Waals surface area (Å²) in [5.74, 6) is -0.257. The summed E-state index contributed by atoms with van der Waals surface area (Å²) in [5.41, 5.74) is 0. The van der Waals surface area contributed by atoms with E-state index in [4.69, 9.17) is 28.4 Å². The van der Waals surface area contributed by atoms with Crippen LogP contribution in [0.4, 0.5) is 0 Å². The number of carbonyl (C=O) groups is 1. The van der Waals surface area contributed by atoms with Gasteiger partial charge >= 0.3 is 0 Å². The van der Waals surface area contributed by atoms with Crippen LogP contribution in [0.2, 0.25) is 0 Å². The molecule has 3 aliphatic heterocycles. The Balaban J connectivity index is 1.54. The van der Waals surface area contributed by atoms with E-state index in [0.29, 0.717) is 12.8 Å². The van der Waals surface area contributed by atoms with Gasteiger partial charge in [-0.3, -0.25) is 4.79 Å². The van der Waals surface area contributed by atoms with E-state index in [9.17, 15) is 61.0 Å². The molecule has 0 aromatic carbocycles. The molecule has 17 atom stereocenters. The lowest BCUT2D eigenvalue weighted by molar-refractivity contribution is -0.379. The molecule has 0 radical (unpaired) electrons. The van der Waals surface area contributed by atoms with Gasteiger partial charge in [0.1, 0.15) is 73.2 Å². The Morgan fingerprint density at radius 3 is 1.36 bits per heavy atom. The van der Waals surface area contributed by atoms with Gasteiger partial charge in [-0.1, -0.05) is 129 Å². The molecular formula is C45H85NO18. The highest BCUT2D eigenvalue weighted by molar-refractivity contribution is 5.76. The summed E-state index contributed by atoms with van der Waals surface area (Å²) in [6.07, 6.45) is -4.35. The van der Waals surface area contributed by atoms with E-state index in [-0.39, 0.29) is 18.9 Å². The van der Waals surface area contributed by atoms with Gasteiger partial charge in [0.2, 0.25) is 5.91 Å². The highest BCUT2D eigenvalue weighted by Crippen LogP contribution is 2.33. The number of unbranched alkanes of at least 4 members (excludes halogenated alkanes) is 17. The maximum absolute atomic E-state index is 13.0. The van der Waals surface area contributed by atoms with Crippen molar-refractivity contribution in [1.29, 1.82) is 0 Å². The van der Waals surface area contributed by atoms with Crippen molar-refractivity contribution in [3.8, 4) is 0 Å². The van der Waals surface area contributed by atoms with E-state index in [1.807, 2.05) is 0 Å². The summed E-state index contributed by atoms with van der Waals surface area (Å²) in [7, 11) is 0. The molecule has 64 heavy (non-hydrogen) atoms. The van der Waals surface area contributed by atoms with Crippen LogP contribution in [0.1, 0.15) is 149 Å². The van der Waals surface area contributed by atoms with Crippen LogP contribution in [0.3, 0.4) is 0 Å². The Morgan fingerprint density at radius 2 is 0.891 bits per heavy atom. The van der Waals surface area contributed by atoms with Gasteiger partial charge in [-0.05, 0) is 12.8 Å². The summed E-state index contributed by atoms with van der Waals surface area (Å²) < 4.78 is 34.0. The van der Waals surface area contributed by atoms with Crippen molar-refractivity contribution in [2.45, 2.75) is 253 Å². The lowest BCUT2D eigenvalue weighted by Gasteiger charge is -2.48. The first kappa shape index (κ1) is 57.1. The molecule has 19 heteroatoms. The van der Waals surface area contributed by atoms with Crippen LogP contribution >= 0.6 is 0 Å². The van der Waals surface area contributed by atoms with Gasteiger partial charge in [-0.15, -0.1) is 0 Å². The number of aliphatic hydroxyl groups excluding tert-OH is 11. The molecule has 0 spiro atoms. The normalized spacial score (nSPS) is 34.4. The average Bonchev–Trinajstić information content (AvgIpc) is 3.29. The van der Waals surface area contributed by atoms with Gasteiger partial charge in [0.25, 0.3) is 0 Å². The Kier molecular flexibility index (Phi) is 28.3. The van der Waals surface area contributed by atoms with Crippen LogP contribution in [0, 0.1) is 0 Å². The van der Waals surface area contributed by atoms with E-state index >= 15 is 0 Å². The summed E-state index contributed by atoms with van der Waals surface area (Å²) in [6.45, 7) is 1.65. The van der Waals surface area contributed by atoms with E-state index in [1.54, 1.807) is 0 Å². The van der Waals surface area contributed by atoms with Crippen LogP contribution < -0.4 is 5.32 Å². The second-order valence-electron chi connectivity index (χ2n) is 17.9. The largest absolute Gasteiger partial charge is 0.394 e. The van der Waals surface area contributed by atoms with Crippen LogP contribution in [0.25, 0.3) is 0 Å². The molecule has 1 amide bonds. The third kappa shape index (κ3) is 18.4. The minimum atomic E-state index is -1.97. The fraction of sp³-hybridized carbons (Fsp3) is 0.978. The zero-order valence-electron chi connectivity index (χ0n) is 38.3. The molecule has 19 nitrogen and oxygen atoms in total. The van der Waals surface area contributed by atoms with Crippen LogP contribution in [0.5, 0.6) is 0 Å². The molecule has 0 saturated carbocycles. The molecule has 3 heterocycles. The maximum atomic E-state index is 13.0. The number of aliphatic hydroxyl groups is 11. The van der Waals surface area contributed by atoms with Gasteiger partial charge in [-0.25, -0.2) is 0 Å². The lowest BCUT2D eigenvalue weighted by atomic mass is 9.96. The number of hydrogen-bond donors (Lipinski definition) is 12. The first-order valence-electron chi connectivity index (χ1n) is 24.3. The number of hydrogen-bond acceptors (Lipinski definition) is 18. The molecule has 12 N–H and O–H groups in total. The van der Waals surface area contributed by atoms with E-state index < -0.39 is 124 Å². The predicted octanol–water partition coefficient (Wildman–Crippen LogP) is 0.529. The predicted molar refractivity (Wildman–Crippen MR) is 231 cm³/mol. The van der Waals surface area contributed by atoms with Crippen molar-refractivity contribution in [3.05, 3.63) is 0 Å². The van der Waals surface area contributed by atoms with Crippen molar-refractivity contribution in [2.24, 2.45) is 0 Å². The van der Waals surface area contributed by atoms with E-state index in [1.165, 1.54) is 64.2 Å². The Hall–Kier alpha value is -1.21. The molecule has 0 aromatic heterocycles. The lowest BCUT2D eigenvalue weighted by Crippen LogP contribution is -2.66. The SMILES string of the molecule is CCCCCCCCCCCCCCCCC(O)C(COC1OC(CO)C(OC2OC(CO)C(OC3OC(CO)C(O)C(O)C3O)C(O)C2O)C(O)C1O)NC(=O)CCCCCCC. The molecule has 3 fully saturated rings. The van der Waals surface area contributed by atoms with Crippen molar-refractivity contribution in [1.82, 2.24) is 5.32 Å². The molecule has 3 aliphatic rings. The molecule has 0 bridgehead atoms. The highest BCUT2D eigenvalue weighted by atomic mass is 16.8. The molecule has 3 saturated heterocycles. The monoisotopic (exact) mass is 928 g/mol. The summed E-state index contributed by atoms with van der Waals surface area (Å²) >= 11 is 0. The standard InChI is InChI=1S/C45H85NO18/c1-3-5-7-9-10-11-12-13-14-15-16-17-19-20-22-29(50)28(46-33(51)23-21-18-8-6-4-2)27-59-43-39(57)36(54)41(31(25-48)61-43)64-45-40(58)37(55)42(32(26-49)62-45)63-44-38(56)35(53)34(52)30(24-47)60-44/h28-32,34-45,47-50,52-58H,3-27H2,1-2H3,(H,46,51). The number of ether oxygens (including phenoxy) is 6. The summed E-state index contributed by atoms with van der Waals surface area (Å²) in [5, 5.41) is 119. The Labute approximate surface area is 379 Å². The van der Waals surface area contributed by atoms with Gasteiger partial charge < -0.3 is 89.9 Å². The van der Waals surface area contributed by atoms with Gasteiger partial charge in [0, 0.05) is 6.42 Å². The summed E-state index contributed by atoms with van der Waals surface area (Å²) in [4.78, 5) is 13.0. The molecular weight excluding hydrogens is 842 g/mol. The van der Waals surface area contributed by atoms with E-state index in [2.05, 4.69) is 19.2 Å². The third-order valence-electron chi connectivity index (χ3n) is 12.7. The van der Waals surface area contributed by atoms with Crippen LogP contribution in [-0.2, 0) is 33.2 Å². The van der Waals surface area contributed by atoms with Gasteiger partial charge in [0.05, 0.1) is 38.6 Å². The fourth-order valence-electron chi connectivity index (χ4n) is 8.55. The van der Waals surface area contributed by atoms with Crippen molar-refractivity contribution in [3.63, 3.8) is 0 Å². The Bertz CT molecular complexity index is 1200. The zero-order chi connectivity index (χ0) is 47.0.